The number of hydrogen-bond acceptors (Lipinski definition) is 4. The molecule has 1 unspecified atom stereocenters. The van der Waals surface area contributed by atoms with Crippen molar-refractivity contribution in [1.29, 1.82) is 0 Å². The molecule has 2 atom stereocenters. The monoisotopic (exact) mass is 288 g/mol. The number of carbonyl (C=O) groups excluding carboxylic acids is 1. The summed E-state index contributed by atoms with van der Waals surface area (Å²) in [4.78, 5) is 33.5. The molecule has 0 aromatic rings. The molecule has 0 aromatic heterocycles. The van der Waals surface area contributed by atoms with E-state index in [1.807, 2.05) is 20.8 Å². The Morgan fingerprint density at radius 3 is 2.10 bits per heavy atom. The summed E-state index contributed by atoms with van der Waals surface area (Å²) in [5.74, 6) is -3.27. The van der Waals surface area contributed by atoms with E-state index in [1.54, 1.807) is 0 Å². The van der Waals surface area contributed by atoms with Crippen molar-refractivity contribution >= 4 is 17.8 Å². The van der Waals surface area contributed by atoms with E-state index < -0.39 is 29.8 Å². The lowest BCUT2D eigenvalue weighted by atomic mass is 9.84. The van der Waals surface area contributed by atoms with Crippen molar-refractivity contribution in [3.05, 3.63) is 0 Å². The van der Waals surface area contributed by atoms with Gasteiger partial charge in [-0.05, 0) is 18.3 Å². The van der Waals surface area contributed by atoms with Gasteiger partial charge in [0.2, 0.25) is 5.91 Å². The van der Waals surface area contributed by atoms with Crippen molar-refractivity contribution in [2.24, 2.45) is 17.1 Å². The Bertz CT molecular complexity index is 362. The predicted molar refractivity (Wildman–Crippen MR) is 73.1 cm³/mol. The zero-order valence-corrected chi connectivity index (χ0v) is 12.2. The zero-order chi connectivity index (χ0) is 15.9. The van der Waals surface area contributed by atoms with Crippen LogP contribution in [0, 0.1) is 11.3 Å². The topological polar surface area (TPSA) is 130 Å². The van der Waals surface area contributed by atoms with E-state index in [-0.39, 0.29) is 24.8 Å². The second kappa shape index (κ2) is 7.84. The fourth-order valence-corrected chi connectivity index (χ4v) is 1.84. The molecule has 7 heteroatoms. The van der Waals surface area contributed by atoms with Crippen molar-refractivity contribution in [1.82, 2.24) is 5.32 Å². The second-order valence-electron chi connectivity index (χ2n) is 6.03. The van der Waals surface area contributed by atoms with Crippen molar-refractivity contribution < 1.29 is 24.6 Å². The van der Waals surface area contributed by atoms with E-state index in [0.717, 1.165) is 0 Å². The molecule has 0 fully saturated rings. The van der Waals surface area contributed by atoms with E-state index in [9.17, 15) is 14.4 Å². The molecule has 0 saturated heterocycles. The van der Waals surface area contributed by atoms with Crippen LogP contribution in [-0.2, 0) is 14.4 Å². The maximum Gasteiger partial charge on any atom is 0.326 e. The Kier molecular flexibility index (Phi) is 7.20. The molecule has 7 nitrogen and oxygen atoms in total. The molecule has 5 N–H and O–H groups in total. The Balaban J connectivity index is 4.64. The quantitative estimate of drug-likeness (QED) is 0.512. The number of nitrogens with two attached hydrogens (primary N) is 1. The molecule has 0 aliphatic heterocycles. The normalized spacial score (nSPS) is 14.4. The minimum absolute atomic E-state index is 0.110. The van der Waals surface area contributed by atoms with Gasteiger partial charge in [-0.1, -0.05) is 20.8 Å². The van der Waals surface area contributed by atoms with Crippen LogP contribution in [0.15, 0.2) is 0 Å². The van der Waals surface area contributed by atoms with Crippen LogP contribution < -0.4 is 11.1 Å². The van der Waals surface area contributed by atoms with E-state index in [0.29, 0.717) is 6.42 Å². The van der Waals surface area contributed by atoms with Gasteiger partial charge >= 0.3 is 11.9 Å². The average molecular weight is 288 g/mol. The van der Waals surface area contributed by atoms with Crippen molar-refractivity contribution in [2.45, 2.75) is 46.1 Å². The van der Waals surface area contributed by atoms with Gasteiger partial charge in [0.05, 0.1) is 5.92 Å². The number of carbonyl (C=O) groups is 3. The van der Waals surface area contributed by atoms with Crippen LogP contribution in [0.25, 0.3) is 0 Å². The smallest absolute Gasteiger partial charge is 0.326 e. The summed E-state index contributed by atoms with van der Waals surface area (Å²) in [6.07, 6.45) is 0.0631. The van der Waals surface area contributed by atoms with Gasteiger partial charge in [-0.3, -0.25) is 9.59 Å². The Morgan fingerprint density at radius 1 is 1.20 bits per heavy atom. The second-order valence-corrected chi connectivity index (χ2v) is 6.03. The molecular weight excluding hydrogens is 264 g/mol. The van der Waals surface area contributed by atoms with Gasteiger partial charge in [0.1, 0.15) is 6.04 Å². The van der Waals surface area contributed by atoms with Crippen LogP contribution in [0.5, 0.6) is 0 Å². The van der Waals surface area contributed by atoms with E-state index in [2.05, 4.69) is 5.32 Å². The van der Waals surface area contributed by atoms with Crippen molar-refractivity contribution in [3.63, 3.8) is 0 Å². The third-order valence-electron chi connectivity index (χ3n) is 2.78. The number of hydrogen-bond donors (Lipinski definition) is 4. The molecule has 0 aliphatic carbocycles. The van der Waals surface area contributed by atoms with Gasteiger partial charge in [-0.25, -0.2) is 4.79 Å². The number of amides is 1. The number of rotatable bonds is 8. The summed E-state index contributed by atoms with van der Waals surface area (Å²) in [7, 11) is 0. The number of nitrogens with one attached hydrogen (secondary N) is 1. The number of aliphatic carboxylic acids is 2. The van der Waals surface area contributed by atoms with Crippen molar-refractivity contribution in [2.75, 3.05) is 6.54 Å². The molecule has 116 valence electrons. The van der Waals surface area contributed by atoms with E-state index in [1.165, 1.54) is 0 Å². The molecule has 1 amide bonds. The van der Waals surface area contributed by atoms with Gasteiger partial charge in [-0.2, -0.15) is 0 Å². The summed E-state index contributed by atoms with van der Waals surface area (Å²) in [5.41, 5.74) is 5.44. The summed E-state index contributed by atoms with van der Waals surface area (Å²) < 4.78 is 0. The van der Waals surface area contributed by atoms with Crippen LogP contribution in [-0.4, -0.2) is 40.6 Å². The van der Waals surface area contributed by atoms with Crippen molar-refractivity contribution in [3.8, 4) is 0 Å². The number of carboxylic acid groups (broad SMARTS) is 2. The lowest BCUT2D eigenvalue weighted by Gasteiger charge is -2.25. The van der Waals surface area contributed by atoms with Crippen LogP contribution in [0.3, 0.4) is 0 Å². The highest BCUT2D eigenvalue weighted by Gasteiger charge is 2.27. The Labute approximate surface area is 118 Å². The maximum atomic E-state index is 12.0. The molecule has 20 heavy (non-hydrogen) atoms. The molecule has 0 aromatic carbocycles. The first-order valence-corrected chi connectivity index (χ1v) is 6.52. The minimum atomic E-state index is -1.24. The number of carboxylic acids is 2. The van der Waals surface area contributed by atoms with Crippen LogP contribution in [0.4, 0.5) is 0 Å². The summed E-state index contributed by atoms with van der Waals surface area (Å²) in [6, 6.07) is -1.20. The predicted octanol–water partition coefficient (Wildman–Crippen LogP) is 0.432. The largest absolute Gasteiger partial charge is 0.481 e. The first-order chi connectivity index (χ1) is 9.06. The molecule has 0 bridgehead atoms. The molecule has 0 radical (unpaired) electrons. The fraction of sp³-hybridized carbons (Fsp3) is 0.769. The maximum absolute atomic E-state index is 12.0. The van der Waals surface area contributed by atoms with Gasteiger partial charge in [0.25, 0.3) is 0 Å². The highest BCUT2D eigenvalue weighted by atomic mass is 16.4. The van der Waals surface area contributed by atoms with Crippen LogP contribution in [0.1, 0.15) is 40.0 Å². The first kappa shape index (κ1) is 18.4. The molecule has 0 spiro atoms. The molecule has 0 aliphatic rings. The summed E-state index contributed by atoms with van der Waals surface area (Å²) >= 11 is 0. The standard InChI is InChI=1S/C13H24N2O5/c1-13(2,3)6-8(7-14)11(18)15-9(12(19)20)4-5-10(16)17/h8-9H,4-7,14H2,1-3H3,(H,15,18)(H,16,17)(H,19,20)/t8?,9-/m0/s1. The zero-order valence-electron chi connectivity index (χ0n) is 12.2. The fourth-order valence-electron chi connectivity index (χ4n) is 1.84. The Hall–Kier alpha value is -1.63. The average Bonchev–Trinajstić information content (AvgIpc) is 2.29. The van der Waals surface area contributed by atoms with Gasteiger partial charge in [-0.15, -0.1) is 0 Å². The lowest BCUT2D eigenvalue weighted by molar-refractivity contribution is -0.143. The summed E-state index contributed by atoms with van der Waals surface area (Å²) in [6.45, 7) is 6.00. The van der Waals surface area contributed by atoms with Crippen LogP contribution >= 0.6 is 0 Å². The van der Waals surface area contributed by atoms with Crippen LogP contribution in [0.2, 0.25) is 0 Å². The van der Waals surface area contributed by atoms with E-state index >= 15 is 0 Å². The molecular formula is C13H24N2O5. The third kappa shape index (κ3) is 7.73. The van der Waals surface area contributed by atoms with E-state index in [4.69, 9.17) is 15.9 Å². The minimum Gasteiger partial charge on any atom is -0.481 e. The van der Waals surface area contributed by atoms with Gasteiger partial charge in [0.15, 0.2) is 0 Å². The third-order valence-corrected chi connectivity index (χ3v) is 2.78. The highest BCUT2D eigenvalue weighted by Crippen LogP contribution is 2.24. The van der Waals surface area contributed by atoms with Gasteiger partial charge in [0, 0.05) is 13.0 Å². The van der Waals surface area contributed by atoms with Gasteiger partial charge < -0.3 is 21.3 Å². The summed E-state index contributed by atoms with van der Waals surface area (Å²) in [5, 5.41) is 19.9. The lowest BCUT2D eigenvalue weighted by Crippen LogP contribution is -2.46. The molecule has 0 heterocycles. The SMILES string of the molecule is CC(C)(C)CC(CN)C(=O)N[C@@H](CCC(=O)O)C(=O)O. The molecule has 0 saturated carbocycles. The highest BCUT2D eigenvalue weighted by molar-refractivity contribution is 5.85. The first-order valence-electron chi connectivity index (χ1n) is 6.52. The Morgan fingerprint density at radius 2 is 1.75 bits per heavy atom. The molecule has 0 rings (SSSR count).